The van der Waals surface area contributed by atoms with Crippen molar-refractivity contribution in [3.8, 4) is 17.6 Å². The van der Waals surface area contributed by atoms with Crippen LogP contribution < -0.4 is 14.8 Å². The summed E-state index contributed by atoms with van der Waals surface area (Å²) in [5.41, 5.74) is 1.85. The number of hydrogen-bond acceptors (Lipinski definition) is 5. The Bertz CT molecular complexity index is 728. The van der Waals surface area contributed by atoms with Gasteiger partial charge in [0, 0.05) is 12.2 Å². The Morgan fingerprint density at radius 1 is 1.17 bits per heavy atom. The molecule has 0 bridgehead atoms. The molecule has 1 atom stereocenters. The largest absolute Gasteiger partial charge is 0.493 e. The van der Waals surface area contributed by atoms with Crippen molar-refractivity contribution in [1.82, 2.24) is 0 Å². The van der Waals surface area contributed by atoms with Gasteiger partial charge < -0.3 is 19.9 Å². The molecule has 0 aliphatic rings. The molecular weight excluding hydrogens is 316 g/mol. The molecule has 120 valence electrons. The Kier molecular flexibility index (Phi) is 5.69. The van der Waals surface area contributed by atoms with Gasteiger partial charge in [-0.3, -0.25) is 0 Å². The minimum absolute atomic E-state index is 0.289. The number of anilines is 1. The highest BCUT2D eigenvalue weighted by Crippen LogP contribution is 2.30. The second-order valence-corrected chi connectivity index (χ2v) is 5.22. The summed E-state index contributed by atoms with van der Waals surface area (Å²) in [6, 6.07) is 12.3. The number of aliphatic hydroxyl groups excluding tert-OH is 1. The van der Waals surface area contributed by atoms with Crippen LogP contribution in [0.3, 0.4) is 0 Å². The van der Waals surface area contributed by atoms with E-state index < -0.39 is 6.10 Å². The van der Waals surface area contributed by atoms with E-state index in [0.717, 1.165) is 5.69 Å². The van der Waals surface area contributed by atoms with E-state index in [2.05, 4.69) is 5.32 Å². The van der Waals surface area contributed by atoms with Crippen molar-refractivity contribution in [2.24, 2.45) is 0 Å². The van der Waals surface area contributed by atoms with Crippen molar-refractivity contribution < 1.29 is 14.6 Å². The van der Waals surface area contributed by atoms with Crippen molar-refractivity contribution in [1.29, 1.82) is 5.26 Å². The van der Waals surface area contributed by atoms with Crippen LogP contribution in [-0.2, 0) is 0 Å². The second kappa shape index (κ2) is 7.73. The molecule has 2 aromatic carbocycles. The number of methoxy groups -OCH3 is 2. The van der Waals surface area contributed by atoms with Crippen LogP contribution in [0.4, 0.5) is 5.69 Å². The average molecular weight is 333 g/mol. The Morgan fingerprint density at radius 2 is 1.91 bits per heavy atom. The second-order valence-electron chi connectivity index (χ2n) is 4.82. The van der Waals surface area contributed by atoms with Crippen LogP contribution in [0.2, 0.25) is 5.02 Å². The molecule has 0 amide bonds. The molecule has 0 radical (unpaired) electrons. The number of nitriles is 1. The summed E-state index contributed by atoms with van der Waals surface area (Å²) in [5.74, 6) is 1.17. The number of rotatable bonds is 6. The number of ether oxygens (including phenoxy) is 2. The first-order valence-electron chi connectivity index (χ1n) is 6.92. The lowest BCUT2D eigenvalue weighted by Crippen LogP contribution is -2.12. The molecule has 0 unspecified atom stereocenters. The lowest BCUT2D eigenvalue weighted by atomic mass is 10.1. The van der Waals surface area contributed by atoms with Crippen LogP contribution in [0, 0.1) is 11.3 Å². The molecule has 2 rings (SSSR count). The summed E-state index contributed by atoms with van der Waals surface area (Å²) in [4.78, 5) is 0. The quantitative estimate of drug-likeness (QED) is 0.848. The van der Waals surface area contributed by atoms with Crippen molar-refractivity contribution in [3.05, 3.63) is 52.5 Å². The van der Waals surface area contributed by atoms with E-state index in [4.69, 9.17) is 26.3 Å². The van der Waals surface area contributed by atoms with Crippen molar-refractivity contribution in [2.45, 2.75) is 6.10 Å². The minimum Gasteiger partial charge on any atom is -0.493 e. The Morgan fingerprint density at radius 3 is 2.52 bits per heavy atom. The number of aliphatic hydroxyl groups is 1. The molecule has 5 nitrogen and oxygen atoms in total. The van der Waals surface area contributed by atoms with Crippen molar-refractivity contribution in [3.63, 3.8) is 0 Å². The predicted octanol–water partition coefficient (Wildman–Crippen LogP) is 3.37. The van der Waals surface area contributed by atoms with Gasteiger partial charge in [0.15, 0.2) is 11.5 Å². The Labute approximate surface area is 140 Å². The summed E-state index contributed by atoms with van der Waals surface area (Å²) in [6.07, 6.45) is -0.732. The standard InChI is InChI=1S/C17H17ClN2O3/c1-22-16-6-4-11(7-17(16)23-2)15(21)10-20-13-5-3-12(9-19)14(18)8-13/h3-8,15,20-21H,10H2,1-2H3/t15-/m0/s1. The van der Waals surface area contributed by atoms with E-state index in [0.29, 0.717) is 27.6 Å². The highest BCUT2D eigenvalue weighted by atomic mass is 35.5. The lowest BCUT2D eigenvalue weighted by Gasteiger charge is -2.15. The molecule has 0 saturated heterocycles. The maximum absolute atomic E-state index is 10.3. The third-order valence-corrected chi connectivity index (χ3v) is 3.69. The van der Waals surface area contributed by atoms with Crippen LogP contribution in [-0.4, -0.2) is 25.9 Å². The number of nitrogens with zero attached hydrogens (tertiary/aromatic N) is 1. The summed E-state index contributed by atoms with van der Waals surface area (Å²) < 4.78 is 10.4. The van der Waals surface area contributed by atoms with Crippen LogP contribution in [0.15, 0.2) is 36.4 Å². The van der Waals surface area contributed by atoms with E-state index in [1.807, 2.05) is 6.07 Å². The molecule has 0 aliphatic heterocycles. The Balaban J connectivity index is 2.06. The molecule has 0 heterocycles. The molecule has 0 aliphatic carbocycles. The first kappa shape index (κ1) is 16.9. The van der Waals surface area contributed by atoms with Crippen molar-refractivity contribution >= 4 is 17.3 Å². The van der Waals surface area contributed by atoms with Gasteiger partial charge in [0.05, 0.1) is 30.9 Å². The molecule has 0 saturated carbocycles. The van der Waals surface area contributed by atoms with Crippen molar-refractivity contribution in [2.75, 3.05) is 26.1 Å². The van der Waals surface area contributed by atoms with Crippen LogP contribution >= 0.6 is 11.6 Å². The van der Waals surface area contributed by atoms with E-state index in [-0.39, 0.29) is 6.54 Å². The molecule has 6 heteroatoms. The smallest absolute Gasteiger partial charge is 0.161 e. The first-order valence-corrected chi connectivity index (χ1v) is 7.30. The van der Waals surface area contributed by atoms with E-state index >= 15 is 0 Å². The molecule has 2 aromatic rings. The number of benzene rings is 2. The van der Waals surface area contributed by atoms with E-state index in [1.165, 1.54) is 0 Å². The maximum Gasteiger partial charge on any atom is 0.161 e. The fourth-order valence-corrected chi connectivity index (χ4v) is 2.33. The van der Waals surface area contributed by atoms with Gasteiger partial charge in [-0.2, -0.15) is 5.26 Å². The monoisotopic (exact) mass is 332 g/mol. The van der Waals surface area contributed by atoms with Gasteiger partial charge in [0.25, 0.3) is 0 Å². The first-order chi connectivity index (χ1) is 11.1. The third-order valence-electron chi connectivity index (χ3n) is 3.38. The molecule has 0 aromatic heterocycles. The Hall–Kier alpha value is -2.42. The fraction of sp³-hybridized carbons (Fsp3) is 0.235. The predicted molar refractivity (Wildman–Crippen MR) is 89.2 cm³/mol. The number of nitrogens with one attached hydrogen (secondary N) is 1. The zero-order valence-corrected chi connectivity index (χ0v) is 13.6. The molecule has 0 spiro atoms. The summed E-state index contributed by atoms with van der Waals surface area (Å²) in [5, 5.41) is 22.6. The van der Waals surface area contributed by atoms with E-state index in [1.54, 1.807) is 50.6 Å². The minimum atomic E-state index is -0.732. The fourth-order valence-electron chi connectivity index (χ4n) is 2.11. The van der Waals surface area contributed by atoms with Gasteiger partial charge in [0.1, 0.15) is 6.07 Å². The topological polar surface area (TPSA) is 74.5 Å². The van der Waals surface area contributed by atoms with Crippen LogP contribution in [0.25, 0.3) is 0 Å². The molecular formula is C17H17ClN2O3. The zero-order valence-electron chi connectivity index (χ0n) is 12.8. The maximum atomic E-state index is 10.3. The van der Waals surface area contributed by atoms with E-state index in [9.17, 15) is 5.11 Å². The highest BCUT2D eigenvalue weighted by molar-refractivity contribution is 6.32. The number of hydrogen-bond donors (Lipinski definition) is 2. The van der Waals surface area contributed by atoms with Crippen LogP contribution in [0.5, 0.6) is 11.5 Å². The summed E-state index contributed by atoms with van der Waals surface area (Å²) >= 11 is 5.98. The van der Waals surface area contributed by atoms with Gasteiger partial charge in [-0.05, 0) is 35.9 Å². The lowest BCUT2D eigenvalue weighted by molar-refractivity contribution is 0.191. The SMILES string of the molecule is COc1ccc([C@@H](O)CNc2ccc(C#N)c(Cl)c2)cc1OC. The van der Waals surface area contributed by atoms with Gasteiger partial charge in [0.2, 0.25) is 0 Å². The number of halogens is 1. The van der Waals surface area contributed by atoms with Gasteiger partial charge in [-0.1, -0.05) is 17.7 Å². The van der Waals surface area contributed by atoms with Gasteiger partial charge in [-0.15, -0.1) is 0 Å². The highest BCUT2D eigenvalue weighted by Gasteiger charge is 2.12. The average Bonchev–Trinajstić information content (AvgIpc) is 2.59. The van der Waals surface area contributed by atoms with Crippen LogP contribution in [0.1, 0.15) is 17.2 Å². The van der Waals surface area contributed by atoms with Gasteiger partial charge in [-0.25, -0.2) is 0 Å². The third kappa shape index (κ3) is 4.07. The summed E-state index contributed by atoms with van der Waals surface area (Å²) in [7, 11) is 3.11. The molecule has 0 fully saturated rings. The summed E-state index contributed by atoms with van der Waals surface area (Å²) in [6.45, 7) is 0.289. The normalized spacial score (nSPS) is 11.4. The molecule has 23 heavy (non-hydrogen) atoms. The van der Waals surface area contributed by atoms with Gasteiger partial charge >= 0.3 is 0 Å². The molecule has 2 N–H and O–H groups in total. The zero-order chi connectivity index (χ0) is 16.8.